The molecule has 4 nitrogen and oxygen atoms in total. The minimum absolute atomic E-state index is 0.0938. The number of aromatic hydroxyl groups is 1. The van der Waals surface area contributed by atoms with Crippen LogP contribution in [0.15, 0.2) is 18.2 Å². The van der Waals surface area contributed by atoms with Gasteiger partial charge in [0.25, 0.3) is 5.91 Å². The van der Waals surface area contributed by atoms with E-state index in [4.69, 9.17) is 16.3 Å². The van der Waals surface area contributed by atoms with Crippen LogP contribution in [0.3, 0.4) is 0 Å². The van der Waals surface area contributed by atoms with Crippen LogP contribution in [0, 0.1) is 6.92 Å². The Balaban J connectivity index is 2.12. The Hall–Kier alpha value is -1.26. The van der Waals surface area contributed by atoms with E-state index >= 15 is 0 Å². The first kappa shape index (κ1) is 13.2. The molecule has 1 aromatic rings. The molecule has 1 N–H and O–H groups in total. The van der Waals surface area contributed by atoms with Gasteiger partial charge in [-0.25, -0.2) is 0 Å². The highest BCUT2D eigenvalue weighted by Crippen LogP contribution is 2.19. The molecule has 1 atom stereocenters. The van der Waals surface area contributed by atoms with Gasteiger partial charge in [0.15, 0.2) is 0 Å². The molecule has 98 valence electrons. The number of aryl methyl sites for hydroxylation is 1. The van der Waals surface area contributed by atoms with Crippen molar-refractivity contribution in [2.45, 2.75) is 13.0 Å². The predicted molar refractivity (Wildman–Crippen MR) is 69.2 cm³/mol. The first-order chi connectivity index (χ1) is 8.61. The molecule has 5 heteroatoms. The Labute approximate surface area is 111 Å². The predicted octanol–water partition coefficient (Wildman–Crippen LogP) is 1.78. The number of hydrogen-bond acceptors (Lipinski definition) is 3. The summed E-state index contributed by atoms with van der Waals surface area (Å²) in [5.41, 5.74) is 1.25. The van der Waals surface area contributed by atoms with Gasteiger partial charge in [-0.1, -0.05) is 6.07 Å². The molecule has 0 bridgehead atoms. The first-order valence-corrected chi connectivity index (χ1v) is 6.41. The van der Waals surface area contributed by atoms with Crippen LogP contribution in [0.25, 0.3) is 0 Å². The van der Waals surface area contributed by atoms with Gasteiger partial charge in [-0.3, -0.25) is 4.79 Å². The number of carbonyl (C=O) groups is 1. The summed E-state index contributed by atoms with van der Waals surface area (Å²) in [5.74, 6) is 0.426. The minimum Gasteiger partial charge on any atom is -0.508 e. The summed E-state index contributed by atoms with van der Waals surface area (Å²) >= 11 is 5.74. The number of hydrogen-bond donors (Lipinski definition) is 1. The fourth-order valence-corrected chi connectivity index (χ4v) is 2.11. The number of amides is 1. The molecule has 1 unspecified atom stereocenters. The highest BCUT2D eigenvalue weighted by molar-refractivity contribution is 6.18. The van der Waals surface area contributed by atoms with Crippen LogP contribution in [-0.4, -0.2) is 47.6 Å². The van der Waals surface area contributed by atoms with Crippen molar-refractivity contribution in [3.63, 3.8) is 0 Å². The summed E-state index contributed by atoms with van der Waals surface area (Å²) < 4.78 is 5.41. The zero-order valence-corrected chi connectivity index (χ0v) is 11.0. The summed E-state index contributed by atoms with van der Waals surface area (Å²) in [7, 11) is 0. The number of phenolic OH excluding ortho intramolecular Hbond substituents is 1. The van der Waals surface area contributed by atoms with Crippen LogP contribution in [0.4, 0.5) is 0 Å². The molecular formula is C13H16ClNO3. The van der Waals surface area contributed by atoms with Gasteiger partial charge >= 0.3 is 0 Å². The lowest BCUT2D eigenvalue weighted by Crippen LogP contribution is -2.46. The van der Waals surface area contributed by atoms with Crippen molar-refractivity contribution in [3.8, 4) is 5.75 Å². The van der Waals surface area contributed by atoms with Crippen LogP contribution in [-0.2, 0) is 4.74 Å². The van der Waals surface area contributed by atoms with Crippen LogP contribution < -0.4 is 0 Å². The number of halogens is 1. The molecule has 18 heavy (non-hydrogen) atoms. The first-order valence-electron chi connectivity index (χ1n) is 5.88. The number of nitrogens with zero attached hydrogens (tertiary/aromatic N) is 1. The lowest BCUT2D eigenvalue weighted by atomic mass is 10.1. The highest BCUT2D eigenvalue weighted by atomic mass is 35.5. The zero-order valence-electron chi connectivity index (χ0n) is 10.2. The highest BCUT2D eigenvalue weighted by Gasteiger charge is 2.24. The van der Waals surface area contributed by atoms with E-state index in [1.165, 1.54) is 6.07 Å². The van der Waals surface area contributed by atoms with Crippen molar-refractivity contribution in [3.05, 3.63) is 29.3 Å². The Bertz CT molecular complexity index is 450. The summed E-state index contributed by atoms with van der Waals surface area (Å²) in [4.78, 5) is 13.9. The monoisotopic (exact) mass is 269 g/mol. The van der Waals surface area contributed by atoms with E-state index in [2.05, 4.69) is 0 Å². The summed E-state index contributed by atoms with van der Waals surface area (Å²) in [6.07, 6.45) is -0.108. The van der Waals surface area contributed by atoms with Gasteiger partial charge in [-0.15, -0.1) is 11.6 Å². The molecule has 1 amide bonds. The number of alkyl halides is 1. The van der Waals surface area contributed by atoms with E-state index < -0.39 is 0 Å². The molecule has 1 aromatic carbocycles. The van der Waals surface area contributed by atoms with Gasteiger partial charge < -0.3 is 14.7 Å². The molecule has 1 saturated heterocycles. The molecule has 0 spiro atoms. The Kier molecular flexibility index (Phi) is 4.09. The number of morpholine rings is 1. The number of phenols is 1. The smallest absolute Gasteiger partial charge is 0.254 e. The van der Waals surface area contributed by atoms with Gasteiger partial charge in [0.1, 0.15) is 5.75 Å². The second-order valence-electron chi connectivity index (χ2n) is 4.40. The fraction of sp³-hybridized carbons (Fsp3) is 0.462. The van der Waals surface area contributed by atoms with Crippen molar-refractivity contribution in [1.29, 1.82) is 0 Å². The van der Waals surface area contributed by atoms with E-state index in [0.717, 1.165) is 5.56 Å². The minimum atomic E-state index is -0.108. The maximum Gasteiger partial charge on any atom is 0.254 e. The molecule has 0 aromatic heterocycles. The quantitative estimate of drug-likeness (QED) is 0.833. The summed E-state index contributed by atoms with van der Waals surface area (Å²) in [6.45, 7) is 3.35. The molecule has 0 aliphatic carbocycles. The summed E-state index contributed by atoms with van der Waals surface area (Å²) in [6, 6.07) is 4.97. The second kappa shape index (κ2) is 5.59. The van der Waals surface area contributed by atoms with Crippen molar-refractivity contribution in [2.24, 2.45) is 0 Å². The van der Waals surface area contributed by atoms with Crippen molar-refractivity contribution in [1.82, 2.24) is 4.90 Å². The van der Waals surface area contributed by atoms with E-state index in [9.17, 15) is 9.90 Å². The van der Waals surface area contributed by atoms with Crippen molar-refractivity contribution < 1.29 is 14.6 Å². The third-order valence-electron chi connectivity index (χ3n) is 3.05. The van der Waals surface area contributed by atoms with Gasteiger partial charge in [0.05, 0.1) is 18.6 Å². The van der Waals surface area contributed by atoms with Gasteiger partial charge in [-0.05, 0) is 24.6 Å². The largest absolute Gasteiger partial charge is 0.508 e. The molecule has 1 aliphatic heterocycles. The molecule has 1 fully saturated rings. The van der Waals surface area contributed by atoms with E-state index in [1.54, 1.807) is 24.0 Å². The average molecular weight is 270 g/mol. The van der Waals surface area contributed by atoms with Gasteiger partial charge in [0.2, 0.25) is 0 Å². The normalized spacial score (nSPS) is 19.9. The van der Waals surface area contributed by atoms with Crippen LogP contribution in [0.2, 0.25) is 0 Å². The van der Waals surface area contributed by atoms with Gasteiger partial charge in [-0.2, -0.15) is 0 Å². The van der Waals surface area contributed by atoms with E-state index in [1.807, 2.05) is 0 Å². The lowest BCUT2D eigenvalue weighted by Gasteiger charge is -2.32. The van der Waals surface area contributed by atoms with E-state index in [0.29, 0.717) is 31.1 Å². The van der Waals surface area contributed by atoms with Gasteiger partial charge in [0, 0.05) is 18.7 Å². The van der Waals surface area contributed by atoms with E-state index in [-0.39, 0.29) is 17.8 Å². The SMILES string of the molecule is Cc1ccc(C(=O)N2CCOC(CCl)C2)cc1O. The molecular weight excluding hydrogens is 254 g/mol. The Morgan fingerprint density at radius 3 is 3.06 bits per heavy atom. The molecule has 1 aliphatic rings. The second-order valence-corrected chi connectivity index (χ2v) is 4.71. The Morgan fingerprint density at radius 1 is 1.61 bits per heavy atom. The maximum atomic E-state index is 12.2. The number of ether oxygens (including phenoxy) is 1. The topological polar surface area (TPSA) is 49.8 Å². The van der Waals surface area contributed by atoms with Crippen LogP contribution >= 0.6 is 11.6 Å². The van der Waals surface area contributed by atoms with Crippen molar-refractivity contribution >= 4 is 17.5 Å². The number of rotatable bonds is 2. The molecule has 2 rings (SSSR count). The molecule has 0 radical (unpaired) electrons. The lowest BCUT2D eigenvalue weighted by molar-refractivity contribution is -0.0108. The Morgan fingerprint density at radius 2 is 2.39 bits per heavy atom. The molecule has 1 heterocycles. The third kappa shape index (κ3) is 2.76. The zero-order chi connectivity index (χ0) is 13.1. The van der Waals surface area contributed by atoms with Crippen LogP contribution in [0.5, 0.6) is 5.75 Å². The van der Waals surface area contributed by atoms with Crippen LogP contribution in [0.1, 0.15) is 15.9 Å². The number of carbonyl (C=O) groups excluding carboxylic acids is 1. The maximum absolute atomic E-state index is 12.2. The fourth-order valence-electron chi connectivity index (χ4n) is 1.92. The average Bonchev–Trinajstić information content (AvgIpc) is 2.41. The standard InChI is InChI=1S/C13H16ClNO3/c1-9-2-3-10(6-12(9)16)13(17)15-4-5-18-11(7-14)8-15/h2-3,6,11,16H,4-5,7-8H2,1H3. The summed E-state index contributed by atoms with van der Waals surface area (Å²) in [5, 5.41) is 9.63. The third-order valence-corrected chi connectivity index (χ3v) is 3.40. The van der Waals surface area contributed by atoms with Crippen molar-refractivity contribution in [2.75, 3.05) is 25.6 Å². The number of benzene rings is 1. The molecule has 0 saturated carbocycles.